The number of nitrogens with one attached hydrogen (secondary N) is 1. The van der Waals surface area contributed by atoms with Crippen molar-refractivity contribution >= 4 is 11.9 Å². The lowest BCUT2D eigenvalue weighted by molar-refractivity contribution is 0.0651. The molecule has 27 heavy (non-hydrogen) atoms. The van der Waals surface area contributed by atoms with Crippen LogP contribution in [0, 0.1) is 17.8 Å². The van der Waals surface area contributed by atoms with E-state index in [-0.39, 0.29) is 0 Å². The second kappa shape index (κ2) is 9.96. The Balaban J connectivity index is 0.00000102. The van der Waals surface area contributed by atoms with E-state index in [0.29, 0.717) is 12.1 Å². The van der Waals surface area contributed by atoms with E-state index >= 15 is 0 Å². The predicted molar refractivity (Wildman–Crippen MR) is 118 cm³/mol. The summed E-state index contributed by atoms with van der Waals surface area (Å²) in [6, 6.07) is 0.701. The Labute approximate surface area is 171 Å². The normalized spacial score (nSPS) is 37.6. The second-order valence-electron chi connectivity index (χ2n) is 8.80. The summed E-state index contributed by atoms with van der Waals surface area (Å²) < 4.78 is 9.31. The SMILES string of the molecule is CCCC1=C2C(=C1)C2C1CCC(SNC2CCC(OC)CC2)C(C)C1.CN. The van der Waals surface area contributed by atoms with Gasteiger partial charge >= 0.3 is 0 Å². The van der Waals surface area contributed by atoms with Gasteiger partial charge in [0.2, 0.25) is 0 Å². The molecule has 4 unspecified atom stereocenters. The Kier molecular flexibility index (Phi) is 7.90. The summed E-state index contributed by atoms with van der Waals surface area (Å²) in [5.41, 5.74) is 9.72. The molecule has 4 aliphatic carbocycles. The molecule has 0 spiro atoms. The van der Waals surface area contributed by atoms with Gasteiger partial charge in [-0.1, -0.05) is 38.3 Å². The first-order valence-corrected chi connectivity index (χ1v) is 12.1. The molecule has 3 fully saturated rings. The summed E-state index contributed by atoms with van der Waals surface area (Å²) in [6.45, 7) is 4.79. The molecule has 4 rings (SSSR count). The molecule has 0 heterocycles. The first-order chi connectivity index (χ1) is 13.2. The molecule has 3 nitrogen and oxygen atoms in total. The molecule has 0 bridgehead atoms. The zero-order chi connectivity index (χ0) is 19.4. The van der Waals surface area contributed by atoms with Crippen LogP contribution in [0.3, 0.4) is 0 Å². The Morgan fingerprint density at radius 2 is 1.89 bits per heavy atom. The van der Waals surface area contributed by atoms with Gasteiger partial charge in [0.05, 0.1) is 6.10 Å². The van der Waals surface area contributed by atoms with Crippen LogP contribution in [0.25, 0.3) is 0 Å². The minimum atomic E-state index is 0.507. The van der Waals surface area contributed by atoms with Crippen molar-refractivity contribution in [2.45, 2.75) is 89.0 Å². The smallest absolute Gasteiger partial charge is 0.0572 e. The van der Waals surface area contributed by atoms with Crippen molar-refractivity contribution in [1.82, 2.24) is 4.72 Å². The molecular formula is C23H40N2OS. The van der Waals surface area contributed by atoms with E-state index in [9.17, 15) is 0 Å². The Bertz CT molecular complexity index is 551. The third-order valence-electron chi connectivity index (χ3n) is 7.06. The van der Waals surface area contributed by atoms with Crippen LogP contribution in [0.15, 0.2) is 22.8 Å². The highest BCUT2D eigenvalue weighted by molar-refractivity contribution is 7.98. The van der Waals surface area contributed by atoms with Crippen LogP contribution >= 0.6 is 11.9 Å². The molecule has 0 saturated heterocycles. The molecule has 0 aromatic carbocycles. The topological polar surface area (TPSA) is 47.3 Å². The van der Waals surface area contributed by atoms with Crippen molar-refractivity contribution in [3.8, 4) is 0 Å². The van der Waals surface area contributed by atoms with Crippen LogP contribution in [-0.4, -0.2) is 31.6 Å². The summed E-state index contributed by atoms with van der Waals surface area (Å²) in [7, 11) is 3.36. The van der Waals surface area contributed by atoms with Crippen LogP contribution in [0.2, 0.25) is 0 Å². The maximum absolute atomic E-state index is 5.49. The van der Waals surface area contributed by atoms with Crippen molar-refractivity contribution in [3.63, 3.8) is 0 Å². The number of nitrogens with two attached hydrogens (primary N) is 1. The van der Waals surface area contributed by atoms with Crippen LogP contribution in [0.5, 0.6) is 0 Å². The third-order valence-corrected chi connectivity index (χ3v) is 8.54. The molecule has 0 amide bonds. The number of hydrogen-bond donors (Lipinski definition) is 2. The van der Waals surface area contributed by atoms with Gasteiger partial charge in [-0.15, -0.1) is 0 Å². The zero-order valence-electron chi connectivity index (χ0n) is 17.8. The number of ether oxygens (including phenoxy) is 1. The minimum absolute atomic E-state index is 0.507. The summed E-state index contributed by atoms with van der Waals surface area (Å²) in [6.07, 6.45) is 14.9. The van der Waals surface area contributed by atoms with Crippen molar-refractivity contribution in [2.75, 3.05) is 14.2 Å². The monoisotopic (exact) mass is 392 g/mol. The average Bonchev–Trinajstić information content (AvgIpc) is 3.31. The highest BCUT2D eigenvalue weighted by Gasteiger charge is 2.50. The largest absolute Gasteiger partial charge is 0.381 e. The number of hydrogen-bond acceptors (Lipinski definition) is 4. The maximum Gasteiger partial charge on any atom is 0.0572 e. The van der Waals surface area contributed by atoms with Gasteiger partial charge in [0.25, 0.3) is 0 Å². The van der Waals surface area contributed by atoms with Gasteiger partial charge in [-0.2, -0.15) is 0 Å². The van der Waals surface area contributed by atoms with Gasteiger partial charge in [-0.25, -0.2) is 0 Å². The summed E-state index contributed by atoms with van der Waals surface area (Å²) in [5, 5.41) is 0.811. The van der Waals surface area contributed by atoms with E-state index in [0.717, 1.165) is 23.0 Å². The lowest BCUT2D eigenvalue weighted by Crippen LogP contribution is -2.35. The van der Waals surface area contributed by atoms with Gasteiger partial charge in [0.15, 0.2) is 0 Å². The number of allylic oxidation sites excluding steroid dienone is 4. The van der Waals surface area contributed by atoms with Crippen molar-refractivity contribution in [3.05, 3.63) is 22.8 Å². The second-order valence-corrected chi connectivity index (χ2v) is 9.88. The molecule has 0 aliphatic heterocycles. The minimum Gasteiger partial charge on any atom is -0.381 e. The molecule has 4 aliphatic rings. The fourth-order valence-corrected chi connectivity index (χ4v) is 6.65. The first kappa shape index (κ1) is 21.4. The fraction of sp³-hybridized carbons (Fsp3) is 0.826. The molecule has 3 saturated carbocycles. The van der Waals surface area contributed by atoms with Crippen LogP contribution in [-0.2, 0) is 4.74 Å². The van der Waals surface area contributed by atoms with Gasteiger partial charge in [-0.3, -0.25) is 4.72 Å². The van der Waals surface area contributed by atoms with E-state index in [1.807, 2.05) is 7.11 Å². The van der Waals surface area contributed by atoms with Crippen molar-refractivity contribution < 1.29 is 4.74 Å². The molecule has 0 aromatic rings. The average molecular weight is 393 g/mol. The Morgan fingerprint density at radius 1 is 1.15 bits per heavy atom. The van der Waals surface area contributed by atoms with Crippen molar-refractivity contribution in [2.24, 2.45) is 23.5 Å². The predicted octanol–water partition coefficient (Wildman–Crippen LogP) is 5.23. The summed E-state index contributed by atoms with van der Waals surface area (Å²) in [4.78, 5) is 0. The van der Waals surface area contributed by atoms with E-state index in [1.165, 1.54) is 64.8 Å². The van der Waals surface area contributed by atoms with Gasteiger partial charge < -0.3 is 10.5 Å². The summed E-state index contributed by atoms with van der Waals surface area (Å²) in [5.74, 6) is 2.68. The quantitative estimate of drug-likeness (QED) is 0.583. The van der Waals surface area contributed by atoms with Gasteiger partial charge in [0, 0.05) is 24.3 Å². The number of rotatable bonds is 7. The molecule has 4 atom stereocenters. The van der Waals surface area contributed by atoms with Crippen molar-refractivity contribution in [1.29, 1.82) is 0 Å². The third kappa shape index (κ3) is 4.83. The number of methoxy groups -OCH3 is 1. The summed E-state index contributed by atoms with van der Waals surface area (Å²) >= 11 is 2.06. The van der Waals surface area contributed by atoms with Crippen LogP contribution in [0.4, 0.5) is 0 Å². The highest BCUT2D eigenvalue weighted by Crippen LogP contribution is 2.62. The van der Waals surface area contributed by atoms with E-state index in [2.05, 4.69) is 42.3 Å². The van der Waals surface area contributed by atoms with E-state index < -0.39 is 0 Å². The van der Waals surface area contributed by atoms with E-state index in [4.69, 9.17) is 4.74 Å². The molecule has 0 radical (unpaired) electrons. The van der Waals surface area contributed by atoms with Crippen LogP contribution < -0.4 is 10.5 Å². The standard InChI is InChI=1S/C22H35NOS.CH5N/c1-4-5-15-13-19-21(15)22(19)16-6-11-20(14(2)12-16)25-23-17-7-9-18(24-3)10-8-17;1-2/h13-14,16-18,20,22-23H,4-12H2,1-3H3;2H2,1H3. The Hall–Kier alpha value is -0.290. The van der Waals surface area contributed by atoms with Gasteiger partial charge in [-0.05, 0) is 87.0 Å². The molecular weight excluding hydrogens is 352 g/mol. The van der Waals surface area contributed by atoms with Crippen LogP contribution in [0.1, 0.15) is 71.6 Å². The maximum atomic E-state index is 5.49. The lowest BCUT2D eigenvalue weighted by atomic mass is 9.79. The van der Waals surface area contributed by atoms with Gasteiger partial charge in [0.1, 0.15) is 0 Å². The molecule has 0 aromatic heterocycles. The lowest BCUT2D eigenvalue weighted by Gasteiger charge is -2.35. The van der Waals surface area contributed by atoms with E-state index in [1.54, 1.807) is 16.7 Å². The zero-order valence-corrected chi connectivity index (χ0v) is 18.6. The fourth-order valence-electron chi connectivity index (χ4n) is 5.45. The molecule has 154 valence electrons. The molecule has 3 N–H and O–H groups in total. The first-order valence-electron chi connectivity index (χ1n) is 11.2. The highest BCUT2D eigenvalue weighted by atomic mass is 32.2. The number of fused-ring (bicyclic) bond motifs is 1. The molecule has 4 heteroatoms. The Morgan fingerprint density at radius 3 is 2.52 bits per heavy atom.